The number of nitrogens with zero attached hydrogens (tertiary/aromatic N) is 3. The van der Waals surface area contributed by atoms with Crippen LogP contribution in [0.2, 0.25) is 0 Å². The van der Waals surface area contributed by atoms with E-state index in [1.54, 1.807) is 0 Å². The number of hydrogen-bond donors (Lipinski definition) is 0. The van der Waals surface area contributed by atoms with E-state index in [1.165, 1.54) is 39.9 Å². The summed E-state index contributed by atoms with van der Waals surface area (Å²) in [6.07, 6.45) is 0.909. The van der Waals surface area contributed by atoms with E-state index in [4.69, 9.17) is 0 Å². The Morgan fingerprint density at radius 2 is 1.74 bits per heavy atom. The highest BCUT2D eigenvalue weighted by Gasteiger charge is 2.23. The van der Waals surface area contributed by atoms with Gasteiger partial charge in [-0.1, -0.05) is 71.4 Å². The zero-order valence-electron chi connectivity index (χ0n) is 19.5. The molecule has 0 N–H and O–H groups in total. The first-order valence-electron chi connectivity index (χ1n) is 11.4. The number of benzene rings is 3. The summed E-state index contributed by atoms with van der Waals surface area (Å²) in [6.45, 7) is 5.27. The van der Waals surface area contributed by atoms with Gasteiger partial charge in [-0.2, -0.15) is 9.30 Å². The van der Waals surface area contributed by atoms with E-state index >= 15 is 0 Å². The van der Waals surface area contributed by atoms with Crippen molar-refractivity contribution in [3.63, 3.8) is 0 Å². The molecule has 0 saturated carbocycles. The number of halogens is 1. The number of carbonyl (C=O) groups excluding carboxylic acids is 1. The fraction of sp³-hybridized carbons (Fsp3) is 0.231. The Morgan fingerprint density at radius 3 is 2.40 bits per heavy atom. The van der Waals surface area contributed by atoms with E-state index in [2.05, 4.69) is 27.8 Å². The van der Waals surface area contributed by atoms with Crippen LogP contribution in [0.5, 0.6) is 0 Å². The van der Waals surface area contributed by atoms with Gasteiger partial charge in [0.25, 0.3) is 5.91 Å². The standard InChI is InChI=1S/C26H26BrN3O3S2/c1-3-16-30-23-15-12-21(27)17-24(23)34-26(30)28-25(31)20-10-13-22(14-11-20)35(32,33)29(4-2)18-19-8-6-5-7-9-19/h5-15,17H,3-4,16,18H2,1-2H3. The molecule has 6 nitrogen and oxygen atoms in total. The van der Waals surface area contributed by atoms with Gasteiger partial charge in [0.2, 0.25) is 10.0 Å². The number of hydrogen-bond acceptors (Lipinski definition) is 4. The molecule has 1 amide bonds. The van der Waals surface area contributed by atoms with Crippen LogP contribution >= 0.6 is 27.3 Å². The molecule has 35 heavy (non-hydrogen) atoms. The Hall–Kier alpha value is -2.59. The van der Waals surface area contributed by atoms with Crippen molar-refractivity contribution in [3.8, 4) is 0 Å². The number of aromatic nitrogens is 1. The molecular weight excluding hydrogens is 546 g/mol. The molecule has 3 aromatic carbocycles. The van der Waals surface area contributed by atoms with Crippen LogP contribution < -0.4 is 4.80 Å². The van der Waals surface area contributed by atoms with E-state index < -0.39 is 15.9 Å². The molecule has 9 heteroatoms. The first kappa shape index (κ1) is 25.5. The molecule has 0 saturated heterocycles. The molecule has 1 heterocycles. The normalized spacial score (nSPS) is 12.5. The summed E-state index contributed by atoms with van der Waals surface area (Å²) >= 11 is 4.96. The van der Waals surface area contributed by atoms with Crippen molar-refractivity contribution in [3.05, 3.63) is 93.2 Å². The molecule has 0 unspecified atom stereocenters. The van der Waals surface area contributed by atoms with Crippen molar-refractivity contribution in [1.82, 2.24) is 8.87 Å². The van der Waals surface area contributed by atoms with Crippen molar-refractivity contribution in [2.24, 2.45) is 4.99 Å². The van der Waals surface area contributed by atoms with Crippen LogP contribution in [0.15, 0.2) is 87.2 Å². The van der Waals surface area contributed by atoms with Crippen molar-refractivity contribution in [1.29, 1.82) is 0 Å². The number of thiazole rings is 1. The van der Waals surface area contributed by atoms with Crippen LogP contribution in [0.25, 0.3) is 10.2 Å². The van der Waals surface area contributed by atoms with E-state index in [9.17, 15) is 13.2 Å². The highest BCUT2D eigenvalue weighted by Crippen LogP contribution is 2.23. The zero-order chi connectivity index (χ0) is 25.0. The second-order valence-corrected chi connectivity index (χ2v) is 11.9. The molecule has 0 aliphatic carbocycles. The lowest BCUT2D eigenvalue weighted by Crippen LogP contribution is -2.30. The van der Waals surface area contributed by atoms with Gasteiger partial charge in [-0.05, 0) is 54.4 Å². The maximum absolute atomic E-state index is 13.2. The molecule has 4 aromatic rings. The Bertz CT molecular complexity index is 1510. The lowest BCUT2D eigenvalue weighted by molar-refractivity contribution is 0.0997. The zero-order valence-corrected chi connectivity index (χ0v) is 22.7. The monoisotopic (exact) mass is 571 g/mol. The third kappa shape index (κ3) is 5.64. The molecule has 0 aliphatic heterocycles. The summed E-state index contributed by atoms with van der Waals surface area (Å²) < 4.78 is 31.9. The van der Waals surface area contributed by atoms with E-state index in [1.807, 2.05) is 60.0 Å². The highest BCUT2D eigenvalue weighted by atomic mass is 79.9. The number of sulfonamides is 1. The number of rotatable bonds is 8. The first-order valence-corrected chi connectivity index (χ1v) is 14.4. The van der Waals surface area contributed by atoms with Crippen LogP contribution in [0, 0.1) is 0 Å². The van der Waals surface area contributed by atoms with E-state index in [0.717, 1.165) is 33.2 Å². The first-order chi connectivity index (χ1) is 16.8. The van der Waals surface area contributed by atoms with Crippen LogP contribution in [-0.2, 0) is 23.1 Å². The molecule has 182 valence electrons. The number of carbonyl (C=O) groups is 1. The Morgan fingerprint density at radius 1 is 1.03 bits per heavy atom. The molecule has 0 spiro atoms. The Labute approximate surface area is 217 Å². The van der Waals surface area contributed by atoms with E-state index in [0.29, 0.717) is 16.9 Å². The summed E-state index contributed by atoms with van der Waals surface area (Å²) in [5, 5.41) is 0. The maximum Gasteiger partial charge on any atom is 0.279 e. The highest BCUT2D eigenvalue weighted by molar-refractivity contribution is 9.10. The Balaban J connectivity index is 1.62. The predicted molar refractivity (Wildman–Crippen MR) is 144 cm³/mol. The number of fused-ring (bicyclic) bond motifs is 1. The molecule has 0 aliphatic rings. The molecule has 0 atom stereocenters. The van der Waals surface area contributed by atoms with Crippen molar-refractivity contribution < 1.29 is 13.2 Å². The lowest BCUT2D eigenvalue weighted by atomic mass is 10.2. The smallest absolute Gasteiger partial charge is 0.279 e. The largest absolute Gasteiger partial charge is 0.316 e. The molecule has 0 fully saturated rings. The van der Waals surface area contributed by atoms with E-state index in [-0.39, 0.29) is 11.4 Å². The summed E-state index contributed by atoms with van der Waals surface area (Å²) in [7, 11) is -3.70. The van der Waals surface area contributed by atoms with Crippen molar-refractivity contribution >= 4 is 53.4 Å². The van der Waals surface area contributed by atoms with Crippen molar-refractivity contribution in [2.75, 3.05) is 6.54 Å². The lowest BCUT2D eigenvalue weighted by Gasteiger charge is -2.20. The topological polar surface area (TPSA) is 71.7 Å². The summed E-state index contributed by atoms with van der Waals surface area (Å²) in [4.78, 5) is 18.1. The van der Waals surface area contributed by atoms with Gasteiger partial charge in [0.1, 0.15) is 0 Å². The second-order valence-electron chi connectivity index (χ2n) is 8.01. The van der Waals surface area contributed by atoms with Gasteiger partial charge < -0.3 is 4.57 Å². The van der Waals surface area contributed by atoms with Gasteiger partial charge >= 0.3 is 0 Å². The summed E-state index contributed by atoms with van der Waals surface area (Å²) in [6, 6.07) is 21.5. The molecule has 0 bridgehead atoms. The SMILES string of the molecule is CCCn1c(=NC(=O)c2ccc(S(=O)(=O)N(CC)Cc3ccccc3)cc2)sc2cc(Br)ccc21. The summed E-state index contributed by atoms with van der Waals surface area (Å²) in [5.74, 6) is -0.402. The molecule has 0 radical (unpaired) electrons. The quantitative estimate of drug-likeness (QED) is 0.267. The van der Waals surface area contributed by atoms with Crippen LogP contribution in [0.4, 0.5) is 0 Å². The maximum atomic E-state index is 13.2. The minimum Gasteiger partial charge on any atom is -0.316 e. The molecule has 1 aromatic heterocycles. The average Bonchev–Trinajstić information content (AvgIpc) is 3.19. The van der Waals surface area contributed by atoms with Crippen LogP contribution in [-0.4, -0.2) is 29.7 Å². The average molecular weight is 573 g/mol. The van der Waals surface area contributed by atoms with Gasteiger partial charge in [0.15, 0.2) is 4.80 Å². The number of aryl methyl sites for hydroxylation is 1. The Kier molecular flexibility index (Phi) is 8.01. The van der Waals surface area contributed by atoms with Gasteiger partial charge in [0, 0.05) is 29.7 Å². The third-order valence-electron chi connectivity index (χ3n) is 5.58. The summed E-state index contributed by atoms with van der Waals surface area (Å²) in [5.41, 5.74) is 2.29. The van der Waals surface area contributed by atoms with Gasteiger partial charge in [-0.25, -0.2) is 8.42 Å². The van der Waals surface area contributed by atoms with Gasteiger partial charge in [-0.15, -0.1) is 0 Å². The number of amides is 1. The fourth-order valence-corrected chi connectivity index (χ4v) is 6.84. The molecular formula is C26H26BrN3O3S2. The van der Waals surface area contributed by atoms with Crippen LogP contribution in [0.3, 0.4) is 0 Å². The minimum atomic E-state index is -3.70. The molecule has 4 rings (SSSR count). The van der Waals surface area contributed by atoms with Gasteiger partial charge in [0.05, 0.1) is 15.1 Å². The van der Waals surface area contributed by atoms with Gasteiger partial charge in [-0.3, -0.25) is 4.79 Å². The van der Waals surface area contributed by atoms with Crippen LogP contribution in [0.1, 0.15) is 36.2 Å². The second kappa shape index (κ2) is 11.0. The minimum absolute atomic E-state index is 0.152. The predicted octanol–water partition coefficient (Wildman–Crippen LogP) is 5.83. The van der Waals surface area contributed by atoms with Crippen molar-refractivity contribution in [2.45, 2.75) is 38.3 Å². The fourth-order valence-electron chi connectivity index (χ4n) is 3.80. The third-order valence-corrected chi connectivity index (χ3v) is 9.05.